The molecule has 1 aliphatic heterocycles. The fourth-order valence-corrected chi connectivity index (χ4v) is 3.48. The number of aromatic nitrogens is 2. The number of alkyl halides is 1. The number of hydrogen-bond donors (Lipinski definition) is 0. The third-order valence-electron chi connectivity index (χ3n) is 4.41. The number of hydrogen-bond acceptors (Lipinski definition) is 3. The number of halogens is 1. The van der Waals surface area contributed by atoms with E-state index in [4.69, 9.17) is 16.6 Å². The quantitative estimate of drug-likeness (QED) is 0.796. The summed E-state index contributed by atoms with van der Waals surface area (Å²) in [6.45, 7) is 3.00. The maximum atomic E-state index is 5.84. The van der Waals surface area contributed by atoms with Crippen LogP contribution >= 0.6 is 11.6 Å². The molecule has 2 heterocycles. The first-order valence-electron chi connectivity index (χ1n) is 7.50. The molecule has 0 atom stereocenters. The molecular weight excluding hydrogens is 258 g/mol. The molecule has 1 aromatic rings. The summed E-state index contributed by atoms with van der Waals surface area (Å²) in [5, 5.41) is 0. The van der Waals surface area contributed by atoms with Crippen LogP contribution in [0.1, 0.15) is 55.1 Å². The van der Waals surface area contributed by atoms with E-state index in [-0.39, 0.29) is 0 Å². The molecule has 0 saturated heterocycles. The van der Waals surface area contributed by atoms with E-state index in [9.17, 15) is 0 Å². The van der Waals surface area contributed by atoms with Crippen molar-refractivity contribution in [1.29, 1.82) is 0 Å². The van der Waals surface area contributed by atoms with Gasteiger partial charge < -0.3 is 0 Å². The second-order valence-corrected chi connectivity index (χ2v) is 6.13. The summed E-state index contributed by atoms with van der Waals surface area (Å²) in [4.78, 5) is 11.9. The van der Waals surface area contributed by atoms with Crippen LogP contribution in [0, 0.1) is 0 Å². The Bertz CT molecular complexity index is 429. The molecule has 0 spiro atoms. The summed E-state index contributed by atoms with van der Waals surface area (Å²) in [5.41, 5.74) is 2.58. The molecule has 1 aliphatic carbocycles. The first kappa shape index (κ1) is 13.3. The van der Waals surface area contributed by atoms with Gasteiger partial charge in [0, 0.05) is 37.6 Å². The zero-order valence-corrected chi connectivity index (χ0v) is 12.2. The first-order valence-corrected chi connectivity index (χ1v) is 8.03. The molecule has 19 heavy (non-hydrogen) atoms. The molecule has 0 amide bonds. The second kappa shape index (κ2) is 6.19. The lowest BCUT2D eigenvalue weighted by Gasteiger charge is -2.28. The van der Waals surface area contributed by atoms with Crippen molar-refractivity contribution in [1.82, 2.24) is 14.9 Å². The van der Waals surface area contributed by atoms with Gasteiger partial charge in [-0.05, 0) is 24.8 Å². The third-order valence-corrected chi connectivity index (χ3v) is 4.58. The van der Waals surface area contributed by atoms with Crippen LogP contribution in [0.2, 0.25) is 0 Å². The van der Waals surface area contributed by atoms with Crippen molar-refractivity contribution < 1.29 is 0 Å². The Morgan fingerprint density at radius 1 is 1.26 bits per heavy atom. The number of nitrogens with zero attached hydrogens (tertiary/aromatic N) is 3. The highest BCUT2D eigenvalue weighted by atomic mass is 35.5. The Balaban J connectivity index is 1.76. The molecule has 0 unspecified atom stereocenters. The molecular formula is C15H22ClN3. The van der Waals surface area contributed by atoms with E-state index >= 15 is 0 Å². The lowest BCUT2D eigenvalue weighted by molar-refractivity contribution is 0.263. The summed E-state index contributed by atoms with van der Waals surface area (Å²) < 4.78 is 0. The van der Waals surface area contributed by atoms with E-state index in [1.807, 2.05) is 0 Å². The molecule has 2 aliphatic rings. The van der Waals surface area contributed by atoms with E-state index in [1.165, 1.54) is 43.4 Å². The van der Waals surface area contributed by atoms with E-state index in [0.717, 1.165) is 31.9 Å². The molecule has 1 aromatic heterocycles. The van der Waals surface area contributed by atoms with Gasteiger partial charge in [0.1, 0.15) is 5.82 Å². The van der Waals surface area contributed by atoms with E-state index in [0.29, 0.717) is 11.8 Å². The predicted octanol–water partition coefficient (Wildman–Crippen LogP) is 3.12. The van der Waals surface area contributed by atoms with Crippen molar-refractivity contribution in [2.75, 3.05) is 19.0 Å². The van der Waals surface area contributed by atoms with Crippen molar-refractivity contribution in [2.24, 2.45) is 0 Å². The van der Waals surface area contributed by atoms with Crippen LogP contribution in [0.3, 0.4) is 0 Å². The van der Waals surface area contributed by atoms with E-state index in [1.54, 1.807) is 0 Å². The molecule has 0 N–H and O–H groups in total. The average molecular weight is 280 g/mol. The minimum Gasteiger partial charge on any atom is -0.296 e. The highest BCUT2D eigenvalue weighted by Crippen LogP contribution is 2.31. The molecule has 4 heteroatoms. The number of rotatable bonds is 3. The van der Waals surface area contributed by atoms with Crippen molar-refractivity contribution in [3.8, 4) is 0 Å². The topological polar surface area (TPSA) is 29.0 Å². The van der Waals surface area contributed by atoms with Gasteiger partial charge in [-0.3, -0.25) is 4.90 Å². The summed E-state index contributed by atoms with van der Waals surface area (Å²) in [6, 6.07) is 0. The van der Waals surface area contributed by atoms with Gasteiger partial charge in [0.25, 0.3) is 0 Å². The minimum absolute atomic E-state index is 0.599. The smallest absolute Gasteiger partial charge is 0.131 e. The Kier molecular flexibility index (Phi) is 4.34. The monoisotopic (exact) mass is 279 g/mol. The molecule has 1 fully saturated rings. The zero-order chi connectivity index (χ0) is 13.1. The van der Waals surface area contributed by atoms with Crippen molar-refractivity contribution >= 4 is 11.6 Å². The molecule has 0 radical (unpaired) electrons. The lowest BCUT2D eigenvalue weighted by atomic mass is 9.88. The normalized spacial score (nSPS) is 21.3. The standard InChI is InChI=1S/C15H22ClN3/c16-7-9-19-8-6-13-10-17-15(18-14(13)11-19)12-4-2-1-3-5-12/h10,12H,1-9,11H2. The van der Waals surface area contributed by atoms with Gasteiger partial charge in [0.05, 0.1) is 5.69 Å². The second-order valence-electron chi connectivity index (χ2n) is 5.75. The molecule has 104 valence electrons. The van der Waals surface area contributed by atoms with Crippen LogP contribution in [0.15, 0.2) is 6.20 Å². The molecule has 1 saturated carbocycles. The van der Waals surface area contributed by atoms with Gasteiger partial charge in [-0.1, -0.05) is 19.3 Å². The Labute approximate surface area is 120 Å². The van der Waals surface area contributed by atoms with Crippen LogP contribution < -0.4 is 0 Å². The minimum atomic E-state index is 0.599. The molecule has 0 bridgehead atoms. The van der Waals surface area contributed by atoms with Crippen molar-refractivity contribution in [3.63, 3.8) is 0 Å². The maximum Gasteiger partial charge on any atom is 0.131 e. The van der Waals surface area contributed by atoms with Crippen LogP contribution in [0.25, 0.3) is 0 Å². The Hall–Kier alpha value is -0.670. The van der Waals surface area contributed by atoms with Gasteiger partial charge in [0.15, 0.2) is 0 Å². The van der Waals surface area contributed by atoms with Gasteiger partial charge in [-0.15, -0.1) is 11.6 Å². The van der Waals surface area contributed by atoms with Gasteiger partial charge in [-0.25, -0.2) is 9.97 Å². The highest BCUT2D eigenvalue weighted by molar-refractivity contribution is 6.18. The lowest BCUT2D eigenvalue weighted by Crippen LogP contribution is -2.33. The van der Waals surface area contributed by atoms with E-state index in [2.05, 4.69) is 16.1 Å². The summed E-state index contributed by atoms with van der Waals surface area (Å²) >= 11 is 5.84. The third kappa shape index (κ3) is 3.09. The SMILES string of the molecule is ClCCN1CCc2cnc(C3CCCCC3)nc2C1. The van der Waals surface area contributed by atoms with E-state index < -0.39 is 0 Å². The summed E-state index contributed by atoms with van der Waals surface area (Å²) in [7, 11) is 0. The average Bonchev–Trinajstić information content (AvgIpc) is 2.48. The molecule has 3 nitrogen and oxygen atoms in total. The first-order chi connectivity index (χ1) is 9.36. The summed E-state index contributed by atoms with van der Waals surface area (Å²) in [6.07, 6.45) is 9.73. The van der Waals surface area contributed by atoms with Gasteiger partial charge in [-0.2, -0.15) is 0 Å². The van der Waals surface area contributed by atoms with Crippen LogP contribution in [-0.4, -0.2) is 33.8 Å². The fourth-order valence-electron chi connectivity index (χ4n) is 3.24. The van der Waals surface area contributed by atoms with Crippen molar-refractivity contribution in [3.05, 3.63) is 23.3 Å². The fraction of sp³-hybridized carbons (Fsp3) is 0.733. The summed E-state index contributed by atoms with van der Waals surface area (Å²) in [5.74, 6) is 2.39. The van der Waals surface area contributed by atoms with Crippen LogP contribution in [-0.2, 0) is 13.0 Å². The Morgan fingerprint density at radius 2 is 2.11 bits per heavy atom. The van der Waals surface area contributed by atoms with Crippen LogP contribution in [0.5, 0.6) is 0 Å². The largest absolute Gasteiger partial charge is 0.296 e. The maximum absolute atomic E-state index is 5.84. The van der Waals surface area contributed by atoms with Gasteiger partial charge >= 0.3 is 0 Å². The van der Waals surface area contributed by atoms with Gasteiger partial charge in [0.2, 0.25) is 0 Å². The Morgan fingerprint density at radius 3 is 2.89 bits per heavy atom. The molecule has 3 rings (SSSR count). The number of fused-ring (bicyclic) bond motifs is 1. The zero-order valence-electron chi connectivity index (χ0n) is 11.4. The van der Waals surface area contributed by atoms with Crippen LogP contribution in [0.4, 0.5) is 0 Å². The predicted molar refractivity (Wildman–Crippen MR) is 77.6 cm³/mol. The van der Waals surface area contributed by atoms with Crippen molar-refractivity contribution in [2.45, 2.75) is 51.0 Å². The molecule has 0 aromatic carbocycles. The highest BCUT2D eigenvalue weighted by Gasteiger charge is 2.22.